The number of benzene rings is 26. The van der Waals surface area contributed by atoms with Gasteiger partial charge in [-0.05, 0) is 289 Å². The molecule has 676 valence electrons. The fourth-order valence-corrected chi connectivity index (χ4v) is 22.4. The summed E-state index contributed by atoms with van der Waals surface area (Å²) < 4.78 is 6.79. The number of hydrogen-bond donors (Lipinski definition) is 0. The van der Waals surface area contributed by atoms with Crippen LogP contribution in [0.4, 0.5) is 0 Å². The molecule has 0 fully saturated rings. The molecule has 0 unspecified atom stereocenters. The van der Waals surface area contributed by atoms with E-state index in [9.17, 15) is 0 Å². The summed E-state index contributed by atoms with van der Waals surface area (Å²) in [6.45, 7) is 0. The molecule has 0 saturated heterocycles. The normalized spacial score (nSPS) is 11.6. The van der Waals surface area contributed by atoms with Gasteiger partial charge in [-0.3, -0.25) is 13.7 Å². The van der Waals surface area contributed by atoms with Gasteiger partial charge in [-0.15, -0.1) is 0 Å². The number of rotatable bonds is 13. The van der Waals surface area contributed by atoms with Crippen molar-refractivity contribution in [3.05, 3.63) is 546 Å². The number of para-hydroxylation sites is 8. The summed E-state index contributed by atoms with van der Waals surface area (Å²) in [7, 11) is 0. The van der Waals surface area contributed by atoms with Crippen molar-refractivity contribution in [2.24, 2.45) is 0 Å². The van der Waals surface area contributed by atoms with E-state index < -0.39 is 0 Å². The highest BCUT2D eigenvalue weighted by atomic mass is 15.1. The Morgan fingerprint density at radius 3 is 0.641 bits per heavy atom. The third kappa shape index (κ3) is 15.2. The zero-order valence-corrected chi connectivity index (χ0v) is 79.1. The molecule has 0 aliphatic carbocycles. The van der Waals surface area contributed by atoms with Crippen LogP contribution >= 0.6 is 0 Å². The Morgan fingerprint density at radius 2 is 0.324 bits per heavy atom. The standard InChI is InChI=1S/C53H34N2.2C43H28N2/c1-2-16-44(17-3-1)55-50-21-11-10-20-49(50)54-53(55)38-26-22-37(23-27-38)41-30-31-47-48(34-41)52(43-29-25-36-13-5-7-15-40(36)33-43)46-19-9-8-18-45(46)51(47)42-28-24-35-12-4-6-14-39(35)32-42;1-2-14-34(15-3-1)45-40-21-11-10-20-39(40)44-43(45)31-25-23-30(24-26-31)41-35-16-6-8-18-37(35)42(38-19-9-7-17-36(38)41)33-27-22-29-12-4-5-13-32(29)28-33;1-2-13-31(14-3-1)43-44-39-20-10-11-21-40(39)45(43)34-26-24-30(25-27-34)41-35-16-6-8-18-37(35)42(38-19-9-7-17-36(38)41)33-23-22-29-12-4-5-15-32(29)28-33/h1-34H;2*1-28H. The first kappa shape index (κ1) is 85.0. The van der Waals surface area contributed by atoms with E-state index in [0.717, 1.165) is 89.9 Å². The van der Waals surface area contributed by atoms with Gasteiger partial charge in [-0.25, -0.2) is 15.0 Å². The summed E-state index contributed by atoms with van der Waals surface area (Å²) in [6, 6.07) is 197. The van der Waals surface area contributed by atoms with Gasteiger partial charge < -0.3 is 0 Å². The van der Waals surface area contributed by atoms with Crippen molar-refractivity contribution in [1.82, 2.24) is 28.7 Å². The van der Waals surface area contributed by atoms with E-state index in [4.69, 9.17) is 15.0 Å². The molecular formula is C139H90N6. The lowest BCUT2D eigenvalue weighted by Gasteiger charge is -2.19. The summed E-state index contributed by atoms with van der Waals surface area (Å²) in [5, 5.41) is 25.1. The van der Waals surface area contributed by atoms with Crippen LogP contribution in [0.3, 0.4) is 0 Å². The van der Waals surface area contributed by atoms with E-state index in [1.165, 1.54) is 180 Å². The van der Waals surface area contributed by atoms with Crippen molar-refractivity contribution in [3.8, 4) is 129 Å². The van der Waals surface area contributed by atoms with Crippen LogP contribution in [0.15, 0.2) is 546 Å². The minimum Gasteiger partial charge on any atom is -0.292 e. The van der Waals surface area contributed by atoms with Crippen LogP contribution in [0.2, 0.25) is 0 Å². The van der Waals surface area contributed by atoms with Crippen molar-refractivity contribution in [3.63, 3.8) is 0 Å². The molecule has 0 amide bonds. The van der Waals surface area contributed by atoms with Gasteiger partial charge in [0.1, 0.15) is 17.5 Å². The first-order chi connectivity index (χ1) is 71.9. The maximum Gasteiger partial charge on any atom is 0.145 e. The van der Waals surface area contributed by atoms with Crippen molar-refractivity contribution < 1.29 is 0 Å². The van der Waals surface area contributed by atoms with Crippen molar-refractivity contribution in [2.45, 2.75) is 0 Å². The van der Waals surface area contributed by atoms with E-state index in [0.29, 0.717) is 0 Å². The van der Waals surface area contributed by atoms with Gasteiger partial charge in [-0.2, -0.15) is 0 Å². The molecule has 145 heavy (non-hydrogen) atoms. The molecule has 0 radical (unpaired) electrons. The summed E-state index contributed by atoms with van der Waals surface area (Å²) in [6.07, 6.45) is 0. The minimum atomic E-state index is 0.933. The highest BCUT2D eigenvalue weighted by Gasteiger charge is 2.26. The fraction of sp³-hybridized carbons (Fsp3) is 0. The Bertz CT molecular complexity index is 10000. The first-order valence-electron chi connectivity index (χ1n) is 49.7. The number of fused-ring (bicyclic) bond motifs is 13. The van der Waals surface area contributed by atoms with Gasteiger partial charge in [0, 0.05) is 33.8 Å². The highest BCUT2D eigenvalue weighted by molar-refractivity contribution is 6.26. The van der Waals surface area contributed by atoms with Crippen LogP contribution in [0.1, 0.15) is 0 Å². The smallest absolute Gasteiger partial charge is 0.145 e. The second-order valence-corrected chi connectivity index (χ2v) is 37.5. The van der Waals surface area contributed by atoms with Crippen LogP contribution in [0, 0.1) is 0 Å². The third-order valence-electron chi connectivity index (χ3n) is 29.1. The summed E-state index contributed by atoms with van der Waals surface area (Å²) in [4.78, 5) is 15.3. The number of aromatic nitrogens is 6. The van der Waals surface area contributed by atoms with Gasteiger partial charge in [0.05, 0.1) is 33.1 Å². The SMILES string of the molecule is c1ccc(-c2nc3ccccc3n2-c2ccc(-c3c4ccccc4c(-c4ccc5ccccc5c4)c4ccccc34)cc2)cc1.c1ccc(-n2c(-c3ccc(-c4c5ccccc5c(-c5ccc6ccccc6c5)c5ccccc45)cc3)nc3ccccc32)cc1.c1ccc(-n2c(-c3ccc(-c4ccc5c(-c6ccc7ccccc7c6)c6ccccc6c(-c6ccc7ccccc7c6)c5c4)cc3)nc3ccccc32)cc1. The second kappa shape index (κ2) is 36.2. The van der Waals surface area contributed by atoms with Gasteiger partial charge in [-0.1, -0.05) is 443 Å². The molecule has 29 aromatic rings. The van der Waals surface area contributed by atoms with Gasteiger partial charge in [0.2, 0.25) is 0 Å². The topological polar surface area (TPSA) is 53.5 Å². The Balaban J connectivity index is 0.000000109. The summed E-state index contributed by atoms with van der Waals surface area (Å²) in [5.74, 6) is 2.82. The van der Waals surface area contributed by atoms with Gasteiger partial charge in [0.25, 0.3) is 0 Å². The molecule has 3 aromatic heterocycles. The van der Waals surface area contributed by atoms with Crippen LogP contribution in [0.25, 0.3) is 270 Å². The maximum atomic E-state index is 5.12. The van der Waals surface area contributed by atoms with E-state index in [-0.39, 0.29) is 0 Å². The minimum absolute atomic E-state index is 0.933. The lowest BCUT2D eigenvalue weighted by atomic mass is 9.84. The van der Waals surface area contributed by atoms with Crippen LogP contribution in [-0.2, 0) is 0 Å². The zero-order valence-electron chi connectivity index (χ0n) is 79.1. The van der Waals surface area contributed by atoms with Crippen molar-refractivity contribution >= 4 is 141 Å². The average molecular weight is 1840 g/mol. The van der Waals surface area contributed by atoms with Gasteiger partial charge in [0.15, 0.2) is 0 Å². The molecule has 0 spiro atoms. The molecule has 6 nitrogen and oxygen atoms in total. The quantitative estimate of drug-likeness (QED) is 0.108. The predicted octanol–water partition coefficient (Wildman–Crippen LogP) is 37.3. The number of nitrogens with zero attached hydrogens (tertiary/aromatic N) is 6. The zero-order chi connectivity index (χ0) is 95.8. The van der Waals surface area contributed by atoms with E-state index >= 15 is 0 Å². The van der Waals surface area contributed by atoms with Crippen LogP contribution in [-0.4, -0.2) is 28.7 Å². The molecule has 3 heterocycles. The molecular weight excluding hydrogens is 1750 g/mol. The van der Waals surface area contributed by atoms with Crippen molar-refractivity contribution in [2.75, 3.05) is 0 Å². The third-order valence-corrected chi connectivity index (χ3v) is 29.1. The van der Waals surface area contributed by atoms with E-state index in [2.05, 4.69) is 554 Å². The van der Waals surface area contributed by atoms with Crippen molar-refractivity contribution in [1.29, 1.82) is 0 Å². The Labute approximate surface area is 838 Å². The van der Waals surface area contributed by atoms with E-state index in [1.54, 1.807) is 0 Å². The molecule has 6 heteroatoms. The first-order valence-corrected chi connectivity index (χ1v) is 49.7. The highest BCUT2D eigenvalue weighted by Crippen LogP contribution is 2.51. The monoisotopic (exact) mass is 1840 g/mol. The second-order valence-electron chi connectivity index (χ2n) is 37.5. The summed E-state index contributed by atoms with van der Waals surface area (Å²) in [5.41, 5.74) is 30.1. The Kier molecular flexibility index (Phi) is 21.2. The number of imidazole rings is 3. The summed E-state index contributed by atoms with van der Waals surface area (Å²) >= 11 is 0. The molecule has 0 N–H and O–H groups in total. The Morgan fingerprint density at radius 1 is 0.117 bits per heavy atom. The number of hydrogen-bond acceptors (Lipinski definition) is 3. The average Bonchev–Trinajstić information content (AvgIpc) is 1.74. The molecule has 0 bridgehead atoms. The predicted molar refractivity (Wildman–Crippen MR) is 613 cm³/mol. The molecule has 0 saturated carbocycles. The maximum absolute atomic E-state index is 5.12. The molecule has 0 atom stereocenters. The lowest BCUT2D eigenvalue weighted by Crippen LogP contribution is -1.97. The van der Waals surface area contributed by atoms with E-state index in [1.807, 2.05) is 6.07 Å². The fourth-order valence-electron chi connectivity index (χ4n) is 22.4. The lowest BCUT2D eigenvalue weighted by molar-refractivity contribution is 1.10. The molecule has 29 rings (SSSR count). The molecule has 0 aliphatic rings. The van der Waals surface area contributed by atoms with Gasteiger partial charge >= 0.3 is 0 Å². The molecule has 0 aliphatic heterocycles. The Hall–Kier alpha value is -19.3. The van der Waals surface area contributed by atoms with Crippen LogP contribution in [0.5, 0.6) is 0 Å². The largest absolute Gasteiger partial charge is 0.292 e. The van der Waals surface area contributed by atoms with Crippen LogP contribution < -0.4 is 0 Å². The molecule has 26 aromatic carbocycles.